The minimum Gasteiger partial charge on any atom is -0.491 e. The predicted molar refractivity (Wildman–Crippen MR) is 133 cm³/mol. The number of carbonyl (C=O) groups excluding carboxylic acids is 1. The maximum atomic E-state index is 12.6. The molecule has 3 N–H and O–H groups in total. The molecule has 37 heavy (non-hydrogen) atoms. The van der Waals surface area contributed by atoms with E-state index in [0.29, 0.717) is 43.7 Å². The van der Waals surface area contributed by atoms with Crippen molar-refractivity contribution in [1.29, 1.82) is 0 Å². The summed E-state index contributed by atoms with van der Waals surface area (Å²) in [6.45, 7) is 2.19. The lowest BCUT2D eigenvalue weighted by atomic mass is 10.1. The van der Waals surface area contributed by atoms with Crippen LogP contribution < -0.4 is 20.1 Å². The number of nitrogens with one attached hydrogen (secondary N) is 2. The third kappa shape index (κ3) is 11.0. The summed E-state index contributed by atoms with van der Waals surface area (Å²) in [6, 6.07) is 11.7. The number of benzene rings is 2. The molecule has 0 saturated heterocycles. The Hall–Kier alpha value is -2.82. The van der Waals surface area contributed by atoms with Gasteiger partial charge in [-0.05, 0) is 54.8 Å². The number of alkyl halides is 3. The zero-order chi connectivity index (χ0) is 26.5. The van der Waals surface area contributed by atoms with Crippen LogP contribution in [0.15, 0.2) is 48.5 Å². The molecular weight excluding hydrogens is 489 g/mol. The quantitative estimate of drug-likeness (QED) is 0.308. The number of hydrogen-bond donors (Lipinski definition) is 3. The van der Waals surface area contributed by atoms with Crippen LogP contribution in [-0.2, 0) is 22.1 Å². The fraction of sp³-hybridized carbons (Fsp3) is 0.519. The van der Waals surface area contributed by atoms with E-state index in [1.54, 1.807) is 12.1 Å². The molecule has 1 aliphatic carbocycles. The van der Waals surface area contributed by atoms with Gasteiger partial charge in [0.2, 0.25) is 5.91 Å². The molecule has 0 heterocycles. The lowest BCUT2D eigenvalue weighted by Crippen LogP contribution is -2.37. The van der Waals surface area contributed by atoms with Crippen molar-refractivity contribution in [3.8, 4) is 11.5 Å². The average Bonchev–Trinajstić information content (AvgIpc) is 3.39. The normalized spacial score (nSPS) is 14.9. The monoisotopic (exact) mass is 524 g/mol. The van der Waals surface area contributed by atoms with Crippen molar-refractivity contribution in [3.63, 3.8) is 0 Å². The molecule has 3 rings (SSSR count). The highest BCUT2D eigenvalue weighted by atomic mass is 19.4. The van der Waals surface area contributed by atoms with E-state index in [1.165, 1.54) is 25.0 Å². The molecular formula is C27H35F3N2O5. The number of ether oxygens (including phenoxy) is 3. The van der Waals surface area contributed by atoms with Gasteiger partial charge in [0.15, 0.2) is 0 Å². The first-order valence-electron chi connectivity index (χ1n) is 12.6. The van der Waals surface area contributed by atoms with Crippen LogP contribution in [0.2, 0.25) is 0 Å². The Morgan fingerprint density at radius 1 is 0.946 bits per heavy atom. The third-order valence-corrected chi connectivity index (χ3v) is 5.92. The highest BCUT2D eigenvalue weighted by molar-refractivity contribution is 5.78. The number of rotatable bonds is 15. The van der Waals surface area contributed by atoms with Crippen molar-refractivity contribution in [1.82, 2.24) is 10.6 Å². The molecule has 1 amide bonds. The Balaban J connectivity index is 1.21. The fourth-order valence-electron chi connectivity index (χ4n) is 3.93. The molecule has 0 spiro atoms. The van der Waals surface area contributed by atoms with Gasteiger partial charge in [-0.3, -0.25) is 4.79 Å². The van der Waals surface area contributed by atoms with Crippen LogP contribution in [0.3, 0.4) is 0 Å². The van der Waals surface area contributed by atoms with Crippen LogP contribution in [0.1, 0.15) is 36.8 Å². The minimum absolute atomic E-state index is 0.00727. The summed E-state index contributed by atoms with van der Waals surface area (Å²) in [7, 11) is 0. The van der Waals surface area contributed by atoms with Gasteiger partial charge in [-0.25, -0.2) is 0 Å². The SMILES string of the molecule is O=C(Cc1ccc(C(F)(F)F)cc1)NCCNCC(O)COc1ccc(OCCOC2CCCC2)cc1. The zero-order valence-electron chi connectivity index (χ0n) is 20.8. The van der Waals surface area contributed by atoms with Crippen molar-refractivity contribution in [3.05, 3.63) is 59.7 Å². The van der Waals surface area contributed by atoms with Gasteiger partial charge < -0.3 is 30.0 Å². The fourth-order valence-corrected chi connectivity index (χ4v) is 3.93. The Morgan fingerprint density at radius 3 is 2.24 bits per heavy atom. The van der Waals surface area contributed by atoms with Crippen molar-refractivity contribution in [2.45, 2.75) is 50.5 Å². The van der Waals surface area contributed by atoms with Crippen LogP contribution in [0.5, 0.6) is 11.5 Å². The Morgan fingerprint density at radius 2 is 1.59 bits per heavy atom. The first-order chi connectivity index (χ1) is 17.8. The Bertz CT molecular complexity index is 933. The Labute approximate surface area is 215 Å². The maximum absolute atomic E-state index is 12.6. The number of aliphatic hydroxyl groups excluding tert-OH is 1. The minimum atomic E-state index is -4.40. The molecule has 1 atom stereocenters. The number of hydrogen-bond acceptors (Lipinski definition) is 6. The van der Waals surface area contributed by atoms with Gasteiger partial charge in [0.05, 0.1) is 24.7 Å². The Kier molecular flexibility index (Phi) is 11.5. The van der Waals surface area contributed by atoms with Gasteiger partial charge >= 0.3 is 6.18 Å². The molecule has 1 unspecified atom stereocenters. The second-order valence-corrected chi connectivity index (χ2v) is 8.99. The van der Waals surface area contributed by atoms with Crippen molar-refractivity contribution >= 4 is 5.91 Å². The van der Waals surface area contributed by atoms with Gasteiger partial charge in [-0.2, -0.15) is 13.2 Å². The summed E-state index contributed by atoms with van der Waals surface area (Å²) in [5, 5.41) is 15.8. The summed E-state index contributed by atoms with van der Waals surface area (Å²) in [6.07, 6.45) is -0.0124. The smallest absolute Gasteiger partial charge is 0.416 e. The number of amides is 1. The first-order valence-corrected chi connectivity index (χ1v) is 12.6. The van der Waals surface area contributed by atoms with Crippen LogP contribution in [-0.4, -0.2) is 62.7 Å². The second kappa shape index (κ2) is 14.8. The molecule has 0 aromatic heterocycles. The van der Waals surface area contributed by atoms with Crippen LogP contribution in [0.4, 0.5) is 13.2 Å². The first kappa shape index (κ1) is 28.7. The standard InChI is InChI=1S/C27H35F3N2O5/c28-27(29,30)21-7-5-20(6-8-21)17-26(34)32-14-13-31-18-22(33)19-37-25-11-9-24(10-12-25)36-16-15-35-23-3-1-2-4-23/h5-12,22-23,31,33H,1-4,13-19H2,(H,32,34). The van der Waals surface area contributed by atoms with E-state index >= 15 is 0 Å². The van der Waals surface area contributed by atoms with E-state index in [0.717, 1.165) is 30.7 Å². The van der Waals surface area contributed by atoms with Crippen molar-refractivity contribution in [2.24, 2.45) is 0 Å². The molecule has 1 saturated carbocycles. The van der Waals surface area contributed by atoms with Gasteiger partial charge in [0.25, 0.3) is 0 Å². The van der Waals surface area contributed by atoms with Gasteiger partial charge in [-0.15, -0.1) is 0 Å². The number of carbonyl (C=O) groups is 1. The van der Waals surface area contributed by atoms with Gasteiger partial charge in [0, 0.05) is 19.6 Å². The molecule has 2 aromatic carbocycles. The molecule has 0 radical (unpaired) electrons. The van der Waals surface area contributed by atoms with Crippen LogP contribution in [0, 0.1) is 0 Å². The van der Waals surface area contributed by atoms with E-state index in [9.17, 15) is 23.1 Å². The van der Waals surface area contributed by atoms with E-state index in [2.05, 4.69) is 10.6 Å². The van der Waals surface area contributed by atoms with Crippen LogP contribution >= 0.6 is 0 Å². The topological polar surface area (TPSA) is 89.1 Å². The van der Waals surface area contributed by atoms with Gasteiger partial charge in [-0.1, -0.05) is 25.0 Å². The second-order valence-electron chi connectivity index (χ2n) is 8.99. The zero-order valence-corrected chi connectivity index (χ0v) is 20.8. The van der Waals surface area contributed by atoms with E-state index in [-0.39, 0.29) is 25.5 Å². The lowest BCUT2D eigenvalue weighted by molar-refractivity contribution is -0.137. The molecule has 0 bridgehead atoms. The molecule has 1 aliphatic rings. The van der Waals surface area contributed by atoms with E-state index in [4.69, 9.17) is 14.2 Å². The number of halogens is 3. The lowest BCUT2D eigenvalue weighted by Gasteiger charge is -2.14. The summed E-state index contributed by atoms with van der Waals surface area (Å²) in [5.41, 5.74) is -0.246. The highest BCUT2D eigenvalue weighted by Crippen LogP contribution is 2.29. The predicted octanol–water partition coefficient (Wildman–Crippen LogP) is 3.73. The van der Waals surface area contributed by atoms with Crippen LogP contribution in [0.25, 0.3) is 0 Å². The summed E-state index contributed by atoms with van der Waals surface area (Å²) in [5.74, 6) is 1.05. The van der Waals surface area contributed by atoms with Gasteiger partial charge in [0.1, 0.15) is 30.8 Å². The van der Waals surface area contributed by atoms with Crippen molar-refractivity contribution < 1.29 is 37.3 Å². The summed E-state index contributed by atoms with van der Waals surface area (Å²) >= 11 is 0. The number of aliphatic hydroxyl groups is 1. The molecule has 2 aromatic rings. The molecule has 0 aliphatic heterocycles. The molecule has 204 valence electrons. The van der Waals surface area contributed by atoms with E-state index < -0.39 is 17.8 Å². The van der Waals surface area contributed by atoms with E-state index in [1.807, 2.05) is 12.1 Å². The largest absolute Gasteiger partial charge is 0.491 e. The third-order valence-electron chi connectivity index (χ3n) is 5.92. The summed E-state index contributed by atoms with van der Waals surface area (Å²) in [4.78, 5) is 12.0. The molecule has 7 nitrogen and oxygen atoms in total. The highest BCUT2D eigenvalue weighted by Gasteiger charge is 2.30. The average molecular weight is 525 g/mol. The summed E-state index contributed by atoms with van der Waals surface area (Å²) < 4.78 is 54.8. The molecule has 1 fully saturated rings. The van der Waals surface area contributed by atoms with Crippen molar-refractivity contribution in [2.75, 3.05) is 39.5 Å². The molecule has 10 heteroatoms. The maximum Gasteiger partial charge on any atom is 0.416 e.